The van der Waals surface area contributed by atoms with Crippen molar-refractivity contribution in [3.05, 3.63) is 69.7 Å². The minimum absolute atomic E-state index is 0.0664. The predicted molar refractivity (Wildman–Crippen MR) is 78.8 cm³/mol. The van der Waals surface area contributed by atoms with Crippen LogP contribution in [0.2, 0.25) is 0 Å². The Bertz CT molecular complexity index is 908. The summed E-state index contributed by atoms with van der Waals surface area (Å²) in [6.45, 7) is 3.51. The molecule has 0 spiro atoms. The molecule has 0 saturated carbocycles. The lowest BCUT2D eigenvalue weighted by atomic mass is 10.3. The molecule has 0 aliphatic heterocycles. The lowest BCUT2D eigenvalue weighted by molar-refractivity contribution is 0.0465. The molecule has 0 fully saturated rings. The van der Waals surface area contributed by atoms with Crippen LogP contribution in [0.25, 0.3) is 5.65 Å². The van der Waals surface area contributed by atoms with Gasteiger partial charge in [0.1, 0.15) is 23.6 Å². The molecule has 0 aliphatic rings. The van der Waals surface area contributed by atoms with Gasteiger partial charge in [0.15, 0.2) is 0 Å². The van der Waals surface area contributed by atoms with Crippen LogP contribution in [0.3, 0.4) is 0 Å². The smallest absolute Gasteiger partial charge is 0.342 e. The molecule has 0 aromatic carbocycles. The molecule has 0 radical (unpaired) electrons. The van der Waals surface area contributed by atoms with Crippen LogP contribution in [-0.4, -0.2) is 15.4 Å². The van der Waals surface area contributed by atoms with E-state index in [1.165, 1.54) is 16.7 Å². The Morgan fingerprint density at radius 2 is 2.14 bits per heavy atom. The van der Waals surface area contributed by atoms with Crippen LogP contribution in [0.1, 0.15) is 27.4 Å². The number of fused-ring (bicyclic) bond motifs is 1. The van der Waals surface area contributed by atoms with Gasteiger partial charge in [-0.25, -0.2) is 9.78 Å². The van der Waals surface area contributed by atoms with E-state index in [0.29, 0.717) is 22.7 Å². The van der Waals surface area contributed by atoms with Crippen molar-refractivity contribution >= 4 is 11.6 Å². The second-order valence-electron chi connectivity index (χ2n) is 4.99. The third-order valence-corrected chi connectivity index (χ3v) is 3.29. The highest BCUT2D eigenvalue weighted by atomic mass is 16.5. The summed E-state index contributed by atoms with van der Waals surface area (Å²) in [6, 6.07) is 6.53. The molecule has 0 N–H and O–H groups in total. The number of carbonyl (C=O) groups is 1. The molecule has 0 amide bonds. The van der Waals surface area contributed by atoms with Crippen molar-refractivity contribution in [1.82, 2.24) is 9.38 Å². The number of aromatic nitrogens is 2. The summed E-state index contributed by atoms with van der Waals surface area (Å²) in [7, 11) is 0. The number of furan rings is 1. The van der Waals surface area contributed by atoms with E-state index in [1.54, 1.807) is 25.3 Å². The Kier molecular flexibility index (Phi) is 3.50. The van der Waals surface area contributed by atoms with Gasteiger partial charge in [-0.3, -0.25) is 9.20 Å². The van der Waals surface area contributed by atoms with E-state index in [2.05, 4.69) is 4.98 Å². The Morgan fingerprint density at radius 1 is 1.32 bits per heavy atom. The quantitative estimate of drug-likeness (QED) is 0.693. The highest BCUT2D eigenvalue weighted by molar-refractivity contribution is 5.90. The molecule has 0 atom stereocenters. The molecule has 0 bridgehead atoms. The Morgan fingerprint density at radius 3 is 2.86 bits per heavy atom. The maximum Gasteiger partial charge on any atom is 0.342 e. The topological polar surface area (TPSA) is 73.8 Å². The Labute approximate surface area is 126 Å². The van der Waals surface area contributed by atoms with Crippen molar-refractivity contribution in [3.63, 3.8) is 0 Å². The van der Waals surface area contributed by atoms with E-state index < -0.39 is 5.97 Å². The third kappa shape index (κ3) is 2.63. The number of carbonyl (C=O) groups excluding carboxylic acids is 1. The number of esters is 1. The molecule has 0 unspecified atom stereocenters. The van der Waals surface area contributed by atoms with Crippen molar-refractivity contribution in [2.75, 3.05) is 0 Å². The van der Waals surface area contributed by atoms with E-state index in [4.69, 9.17) is 9.15 Å². The molecule has 6 heteroatoms. The van der Waals surface area contributed by atoms with Gasteiger partial charge in [0.25, 0.3) is 5.56 Å². The summed E-state index contributed by atoms with van der Waals surface area (Å²) in [6.07, 6.45) is 3.14. The molecule has 3 aromatic rings. The van der Waals surface area contributed by atoms with Gasteiger partial charge in [0.05, 0.1) is 12.0 Å². The summed E-state index contributed by atoms with van der Waals surface area (Å²) in [4.78, 5) is 28.3. The van der Waals surface area contributed by atoms with E-state index in [-0.39, 0.29) is 12.2 Å². The number of hydrogen-bond donors (Lipinski definition) is 0. The SMILES string of the molecule is Cc1ccc2nc(COC(=O)c3ccoc3C)cc(=O)n2c1. The van der Waals surface area contributed by atoms with Gasteiger partial charge >= 0.3 is 5.97 Å². The maximum atomic E-state index is 12.0. The first kappa shape index (κ1) is 14.1. The van der Waals surface area contributed by atoms with Crippen LogP contribution in [0.5, 0.6) is 0 Å². The fraction of sp³-hybridized carbons (Fsp3) is 0.188. The van der Waals surface area contributed by atoms with Crippen LogP contribution in [0, 0.1) is 13.8 Å². The standard InChI is InChI=1S/C16H14N2O4/c1-10-3-4-14-17-12(7-15(19)18(14)8-10)9-22-16(20)13-5-6-21-11(13)2/h3-8H,9H2,1-2H3. The second-order valence-corrected chi connectivity index (χ2v) is 4.99. The van der Waals surface area contributed by atoms with E-state index >= 15 is 0 Å². The van der Waals surface area contributed by atoms with Crippen molar-refractivity contribution in [3.8, 4) is 0 Å². The molecule has 3 heterocycles. The first-order valence-electron chi connectivity index (χ1n) is 6.75. The van der Waals surface area contributed by atoms with Crippen LogP contribution in [0.15, 0.2) is 45.9 Å². The van der Waals surface area contributed by atoms with Crippen LogP contribution < -0.4 is 5.56 Å². The second kappa shape index (κ2) is 5.48. The molecule has 0 saturated heterocycles. The molecule has 0 aliphatic carbocycles. The lowest BCUT2D eigenvalue weighted by Crippen LogP contribution is -2.17. The number of rotatable bonds is 3. The number of aryl methyl sites for hydroxylation is 2. The van der Waals surface area contributed by atoms with Crippen LogP contribution >= 0.6 is 0 Å². The fourth-order valence-corrected chi connectivity index (χ4v) is 2.15. The fourth-order valence-electron chi connectivity index (χ4n) is 2.15. The summed E-state index contributed by atoms with van der Waals surface area (Å²) in [5, 5.41) is 0. The van der Waals surface area contributed by atoms with Gasteiger partial charge in [0, 0.05) is 12.3 Å². The first-order valence-corrected chi connectivity index (χ1v) is 6.75. The Balaban J connectivity index is 1.83. The van der Waals surface area contributed by atoms with Crippen molar-refractivity contribution in [1.29, 1.82) is 0 Å². The van der Waals surface area contributed by atoms with Gasteiger partial charge < -0.3 is 9.15 Å². The zero-order chi connectivity index (χ0) is 15.7. The largest absolute Gasteiger partial charge is 0.469 e. The third-order valence-electron chi connectivity index (χ3n) is 3.29. The molecular weight excluding hydrogens is 284 g/mol. The highest BCUT2D eigenvalue weighted by Crippen LogP contribution is 2.11. The molecule has 22 heavy (non-hydrogen) atoms. The van der Waals surface area contributed by atoms with E-state index in [1.807, 2.05) is 13.0 Å². The van der Waals surface area contributed by atoms with Gasteiger partial charge in [-0.2, -0.15) is 0 Å². The average molecular weight is 298 g/mol. The normalized spacial score (nSPS) is 10.8. The molecule has 6 nitrogen and oxygen atoms in total. The maximum absolute atomic E-state index is 12.0. The minimum atomic E-state index is -0.503. The average Bonchev–Trinajstić information content (AvgIpc) is 2.92. The zero-order valence-corrected chi connectivity index (χ0v) is 12.2. The molecular formula is C16H14N2O4. The van der Waals surface area contributed by atoms with Gasteiger partial charge in [-0.15, -0.1) is 0 Å². The molecule has 112 valence electrons. The van der Waals surface area contributed by atoms with Crippen LogP contribution in [0.4, 0.5) is 0 Å². The number of nitrogens with zero attached hydrogens (tertiary/aromatic N) is 2. The lowest BCUT2D eigenvalue weighted by Gasteiger charge is -2.06. The highest BCUT2D eigenvalue weighted by Gasteiger charge is 2.13. The van der Waals surface area contributed by atoms with Crippen LogP contribution in [-0.2, 0) is 11.3 Å². The van der Waals surface area contributed by atoms with E-state index in [0.717, 1.165) is 5.56 Å². The van der Waals surface area contributed by atoms with Gasteiger partial charge in [0.2, 0.25) is 0 Å². The van der Waals surface area contributed by atoms with Gasteiger partial charge in [-0.1, -0.05) is 6.07 Å². The summed E-state index contributed by atoms with van der Waals surface area (Å²) < 4.78 is 11.7. The first-order chi connectivity index (χ1) is 10.5. The Hall–Kier alpha value is -2.89. The summed E-state index contributed by atoms with van der Waals surface area (Å²) >= 11 is 0. The minimum Gasteiger partial charge on any atom is -0.469 e. The molecule has 3 aromatic heterocycles. The predicted octanol–water partition coefficient (Wildman–Crippen LogP) is 2.26. The number of pyridine rings is 1. The van der Waals surface area contributed by atoms with Gasteiger partial charge in [-0.05, 0) is 31.5 Å². The number of ether oxygens (including phenoxy) is 1. The van der Waals surface area contributed by atoms with E-state index in [9.17, 15) is 9.59 Å². The summed E-state index contributed by atoms with van der Waals surface area (Å²) in [5.74, 6) is -0.0100. The molecule has 3 rings (SSSR count). The van der Waals surface area contributed by atoms with Crippen molar-refractivity contribution < 1.29 is 13.9 Å². The van der Waals surface area contributed by atoms with Crippen molar-refractivity contribution in [2.24, 2.45) is 0 Å². The number of hydrogen-bond acceptors (Lipinski definition) is 5. The zero-order valence-electron chi connectivity index (χ0n) is 12.2. The monoisotopic (exact) mass is 298 g/mol. The summed E-state index contributed by atoms with van der Waals surface area (Å²) in [5.41, 5.74) is 2.05. The van der Waals surface area contributed by atoms with Crippen molar-refractivity contribution in [2.45, 2.75) is 20.5 Å².